The molecule has 0 radical (unpaired) electrons. The number of carbonyl (C=O) groups is 1. The third-order valence-electron chi connectivity index (χ3n) is 6.18. The van der Waals surface area contributed by atoms with Crippen LogP contribution < -0.4 is 4.74 Å². The van der Waals surface area contributed by atoms with Crippen molar-refractivity contribution in [3.8, 4) is 5.75 Å². The molecule has 1 fully saturated rings. The lowest BCUT2D eigenvalue weighted by molar-refractivity contribution is -0.134. The number of piperidine rings is 1. The second-order valence-corrected chi connectivity index (χ2v) is 9.84. The second-order valence-electron chi connectivity index (χ2n) is 9.84. The first-order chi connectivity index (χ1) is 14.7. The topological polar surface area (TPSA) is 58.2 Å². The van der Waals surface area contributed by atoms with Crippen molar-refractivity contribution in [2.45, 2.75) is 58.8 Å². The summed E-state index contributed by atoms with van der Waals surface area (Å²) in [5.74, 6) is 2.26. The summed E-state index contributed by atoms with van der Waals surface area (Å²) in [6.07, 6.45) is 1.84. The van der Waals surface area contributed by atoms with E-state index in [1.54, 1.807) is 0 Å². The molecule has 4 rings (SSSR count). The van der Waals surface area contributed by atoms with Crippen molar-refractivity contribution >= 4 is 16.9 Å². The highest BCUT2D eigenvalue weighted by atomic mass is 16.5. The molecular weight excluding hydrogens is 386 g/mol. The molecular formula is C26H33N3O2. The van der Waals surface area contributed by atoms with Crippen molar-refractivity contribution in [3.05, 3.63) is 58.9 Å². The Bertz CT molecular complexity index is 1090. The molecule has 1 N–H and O–H groups in total. The smallest absolute Gasteiger partial charge is 0.260 e. The average Bonchev–Trinajstić information content (AvgIpc) is 3.15. The highest BCUT2D eigenvalue weighted by Gasteiger charge is 2.26. The normalized spacial score (nSPS) is 15.5. The van der Waals surface area contributed by atoms with Gasteiger partial charge in [-0.3, -0.25) is 4.79 Å². The molecule has 164 valence electrons. The SMILES string of the molecule is Cc1ccc(OCC(=O)N2CCC(c3nc4ccc(C)cc4[nH]3)CC2)c(C(C)(C)C)c1. The van der Waals surface area contributed by atoms with Crippen LogP contribution in [0.1, 0.15) is 62.0 Å². The number of aromatic amines is 1. The number of carbonyl (C=O) groups excluding carboxylic acids is 1. The Morgan fingerprint density at radius 3 is 2.48 bits per heavy atom. The zero-order chi connectivity index (χ0) is 22.2. The molecule has 2 heterocycles. The molecule has 3 aromatic rings. The van der Waals surface area contributed by atoms with E-state index >= 15 is 0 Å². The van der Waals surface area contributed by atoms with E-state index in [0.717, 1.165) is 54.1 Å². The maximum absolute atomic E-state index is 12.8. The Morgan fingerprint density at radius 1 is 1.10 bits per heavy atom. The molecule has 1 amide bonds. The van der Waals surface area contributed by atoms with Gasteiger partial charge in [-0.05, 0) is 61.4 Å². The number of aryl methyl sites for hydroxylation is 2. The van der Waals surface area contributed by atoms with Crippen LogP contribution in [0.3, 0.4) is 0 Å². The molecule has 1 aliphatic rings. The van der Waals surface area contributed by atoms with Gasteiger partial charge in [0.1, 0.15) is 11.6 Å². The van der Waals surface area contributed by atoms with Crippen LogP contribution in [0, 0.1) is 13.8 Å². The lowest BCUT2D eigenvalue weighted by Crippen LogP contribution is -2.40. The molecule has 2 aromatic carbocycles. The molecule has 1 saturated heterocycles. The summed E-state index contributed by atoms with van der Waals surface area (Å²) in [5.41, 5.74) is 5.64. The summed E-state index contributed by atoms with van der Waals surface area (Å²) in [6, 6.07) is 12.5. The fraction of sp³-hybridized carbons (Fsp3) is 0.462. The number of amides is 1. The number of nitrogens with one attached hydrogen (secondary N) is 1. The van der Waals surface area contributed by atoms with E-state index in [2.05, 4.69) is 63.9 Å². The van der Waals surface area contributed by atoms with E-state index in [9.17, 15) is 4.79 Å². The molecule has 1 aliphatic heterocycles. The number of hydrogen-bond donors (Lipinski definition) is 1. The van der Waals surface area contributed by atoms with Gasteiger partial charge in [0.2, 0.25) is 0 Å². The molecule has 31 heavy (non-hydrogen) atoms. The fourth-order valence-electron chi connectivity index (χ4n) is 4.33. The Balaban J connectivity index is 1.35. The van der Waals surface area contributed by atoms with Gasteiger partial charge in [-0.1, -0.05) is 44.5 Å². The van der Waals surface area contributed by atoms with Crippen molar-refractivity contribution in [1.82, 2.24) is 14.9 Å². The van der Waals surface area contributed by atoms with Gasteiger partial charge in [0.15, 0.2) is 6.61 Å². The van der Waals surface area contributed by atoms with E-state index in [4.69, 9.17) is 9.72 Å². The molecule has 0 atom stereocenters. The summed E-state index contributed by atoms with van der Waals surface area (Å²) in [5, 5.41) is 0. The van der Waals surface area contributed by atoms with E-state index in [0.29, 0.717) is 5.92 Å². The van der Waals surface area contributed by atoms with Gasteiger partial charge in [0.25, 0.3) is 5.91 Å². The third-order valence-corrected chi connectivity index (χ3v) is 6.18. The first kappa shape index (κ1) is 21.4. The predicted octanol–water partition coefficient (Wildman–Crippen LogP) is 5.26. The van der Waals surface area contributed by atoms with E-state index in [1.165, 1.54) is 11.1 Å². The van der Waals surface area contributed by atoms with Crippen LogP contribution in [0.2, 0.25) is 0 Å². The minimum absolute atomic E-state index is 0.0339. The fourth-order valence-corrected chi connectivity index (χ4v) is 4.33. The number of imidazole rings is 1. The first-order valence-corrected chi connectivity index (χ1v) is 11.2. The van der Waals surface area contributed by atoms with Gasteiger partial charge in [0.05, 0.1) is 11.0 Å². The molecule has 1 aromatic heterocycles. The van der Waals surface area contributed by atoms with Crippen molar-refractivity contribution in [3.63, 3.8) is 0 Å². The molecule has 0 aliphatic carbocycles. The van der Waals surface area contributed by atoms with Crippen LogP contribution in [-0.4, -0.2) is 40.5 Å². The van der Waals surface area contributed by atoms with E-state index in [1.807, 2.05) is 17.0 Å². The quantitative estimate of drug-likeness (QED) is 0.627. The Kier molecular flexibility index (Phi) is 5.78. The maximum Gasteiger partial charge on any atom is 0.260 e. The largest absolute Gasteiger partial charge is 0.483 e. The van der Waals surface area contributed by atoms with Crippen LogP contribution in [0.5, 0.6) is 5.75 Å². The van der Waals surface area contributed by atoms with Crippen LogP contribution in [0.15, 0.2) is 36.4 Å². The minimum Gasteiger partial charge on any atom is -0.483 e. The molecule has 5 nitrogen and oxygen atoms in total. The van der Waals surface area contributed by atoms with Crippen molar-refractivity contribution in [2.24, 2.45) is 0 Å². The van der Waals surface area contributed by atoms with Gasteiger partial charge in [0, 0.05) is 19.0 Å². The van der Waals surface area contributed by atoms with Gasteiger partial charge in [-0.2, -0.15) is 0 Å². The zero-order valence-electron chi connectivity index (χ0n) is 19.3. The number of hydrogen-bond acceptors (Lipinski definition) is 3. The van der Waals surface area contributed by atoms with Gasteiger partial charge in [-0.15, -0.1) is 0 Å². The average molecular weight is 420 g/mol. The third kappa shape index (κ3) is 4.76. The van der Waals surface area contributed by atoms with Crippen molar-refractivity contribution in [1.29, 1.82) is 0 Å². The van der Waals surface area contributed by atoms with Crippen molar-refractivity contribution < 1.29 is 9.53 Å². The Labute approximate surface area is 184 Å². The zero-order valence-corrected chi connectivity index (χ0v) is 19.3. The number of nitrogens with zero attached hydrogens (tertiary/aromatic N) is 2. The monoisotopic (exact) mass is 419 g/mol. The highest BCUT2D eigenvalue weighted by molar-refractivity contribution is 5.78. The Morgan fingerprint density at radius 2 is 1.77 bits per heavy atom. The summed E-state index contributed by atoms with van der Waals surface area (Å²) >= 11 is 0. The number of aromatic nitrogens is 2. The number of ether oxygens (including phenoxy) is 1. The van der Waals surface area contributed by atoms with Gasteiger partial charge >= 0.3 is 0 Å². The molecule has 0 spiro atoms. The van der Waals surface area contributed by atoms with E-state index in [-0.39, 0.29) is 17.9 Å². The summed E-state index contributed by atoms with van der Waals surface area (Å²) in [6.45, 7) is 12.2. The van der Waals surface area contributed by atoms with Gasteiger partial charge < -0.3 is 14.6 Å². The lowest BCUT2D eigenvalue weighted by Gasteiger charge is -2.31. The van der Waals surface area contributed by atoms with Crippen LogP contribution in [0.4, 0.5) is 0 Å². The number of fused-ring (bicyclic) bond motifs is 1. The highest BCUT2D eigenvalue weighted by Crippen LogP contribution is 2.32. The van der Waals surface area contributed by atoms with Crippen LogP contribution >= 0.6 is 0 Å². The molecule has 0 unspecified atom stereocenters. The molecule has 0 saturated carbocycles. The van der Waals surface area contributed by atoms with Crippen LogP contribution in [0.25, 0.3) is 11.0 Å². The van der Waals surface area contributed by atoms with Crippen LogP contribution in [-0.2, 0) is 10.2 Å². The molecule has 5 heteroatoms. The summed E-state index contributed by atoms with van der Waals surface area (Å²) in [4.78, 5) is 23.0. The molecule has 0 bridgehead atoms. The lowest BCUT2D eigenvalue weighted by atomic mass is 9.85. The first-order valence-electron chi connectivity index (χ1n) is 11.2. The number of benzene rings is 2. The summed E-state index contributed by atoms with van der Waals surface area (Å²) < 4.78 is 5.99. The van der Waals surface area contributed by atoms with E-state index < -0.39 is 0 Å². The number of likely N-dealkylation sites (tertiary alicyclic amines) is 1. The summed E-state index contributed by atoms with van der Waals surface area (Å²) in [7, 11) is 0. The predicted molar refractivity (Wildman–Crippen MR) is 125 cm³/mol. The standard InChI is InChI=1S/C26H33N3O2/c1-17-7-9-23(20(14-17)26(3,4)5)31-16-24(30)29-12-10-19(11-13-29)25-27-21-8-6-18(2)15-22(21)28-25/h6-9,14-15,19H,10-13,16H2,1-5H3,(H,27,28). The second kappa shape index (κ2) is 8.37. The van der Waals surface area contributed by atoms with Gasteiger partial charge in [-0.25, -0.2) is 4.98 Å². The maximum atomic E-state index is 12.8. The number of rotatable bonds is 4. The van der Waals surface area contributed by atoms with Crippen molar-refractivity contribution in [2.75, 3.05) is 19.7 Å². The minimum atomic E-state index is -0.0339. The number of H-pyrrole nitrogens is 1. The Hall–Kier alpha value is -2.82.